The SMILES string of the molecule is CCNC(=O)CCNC(=O)C(O)C(C)(C)COP(=O)([O-])OP(=O)([O-])OCC1OC(n2cnc3c(N)ncnc32)C(O)C1OP(=O)([O-])[O-]. The van der Waals surface area contributed by atoms with Crippen molar-refractivity contribution >= 4 is 52.3 Å². The Labute approximate surface area is 266 Å². The third-order valence-corrected chi connectivity index (χ3v) is 9.44. The smallest absolute Gasteiger partial charge is 0.274 e. The monoisotopic (exact) mass is 731 g/mol. The Hall–Kier alpha value is -2.46. The lowest BCUT2D eigenvalue weighted by Crippen LogP contribution is -2.46. The summed E-state index contributed by atoms with van der Waals surface area (Å²) in [5.41, 5.74) is 4.12. The molecule has 7 atom stereocenters. The molecule has 0 aromatic carbocycles. The zero-order chi connectivity index (χ0) is 35.4. The van der Waals surface area contributed by atoms with Crippen molar-refractivity contribution in [1.29, 1.82) is 0 Å². The summed E-state index contributed by atoms with van der Waals surface area (Å²) in [6, 6.07) is 0. The molecule has 0 saturated carbocycles. The molecule has 266 valence electrons. The highest BCUT2D eigenvalue weighted by Gasteiger charge is 2.47. The Kier molecular flexibility index (Phi) is 12.8. The first kappa shape index (κ1) is 39.0. The lowest BCUT2D eigenvalue weighted by atomic mass is 9.87. The van der Waals surface area contributed by atoms with Gasteiger partial charge >= 0.3 is 0 Å². The molecule has 0 aliphatic carbocycles. The van der Waals surface area contributed by atoms with Crippen LogP contribution in [0.1, 0.15) is 33.4 Å². The van der Waals surface area contributed by atoms with Gasteiger partial charge in [0.2, 0.25) is 11.8 Å². The van der Waals surface area contributed by atoms with Gasteiger partial charge in [0.05, 0.1) is 27.4 Å². The number of aromatic nitrogens is 4. The zero-order valence-electron chi connectivity index (χ0n) is 24.9. The Morgan fingerprint density at radius 3 is 2.43 bits per heavy atom. The van der Waals surface area contributed by atoms with E-state index >= 15 is 0 Å². The number of aliphatic hydroxyl groups is 2. The van der Waals surface area contributed by atoms with Crippen molar-refractivity contribution in [3.63, 3.8) is 0 Å². The highest BCUT2D eigenvalue weighted by Crippen LogP contribution is 2.56. The van der Waals surface area contributed by atoms with Crippen molar-refractivity contribution in [2.75, 3.05) is 32.0 Å². The number of nitrogens with two attached hydrogens (primary N) is 1. The minimum absolute atomic E-state index is 0.0125. The van der Waals surface area contributed by atoms with Gasteiger partial charge in [-0.2, -0.15) is 0 Å². The second kappa shape index (κ2) is 15.4. The van der Waals surface area contributed by atoms with E-state index in [0.717, 1.165) is 17.2 Å². The van der Waals surface area contributed by atoms with Crippen LogP contribution in [0.15, 0.2) is 12.7 Å². The van der Waals surface area contributed by atoms with Crippen molar-refractivity contribution in [2.24, 2.45) is 5.41 Å². The molecular weight excluding hydrogens is 699 g/mol. The normalized spacial score (nSPS) is 23.6. The molecule has 6 N–H and O–H groups in total. The number of anilines is 1. The van der Waals surface area contributed by atoms with Crippen LogP contribution in [0.4, 0.5) is 5.82 Å². The number of imidazole rings is 1. The van der Waals surface area contributed by atoms with Gasteiger partial charge in [-0.1, -0.05) is 13.8 Å². The van der Waals surface area contributed by atoms with Crippen molar-refractivity contribution in [2.45, 2.75) is 57.8 Å². The van der Waals surface area contributed by atoms with Crippen molar-refractivity contribution in [3.8, 4) is 0 Å². The Balaban J connectivity index is 1.63. The number of carbonyl (C=O) groups is 2. The van der Waals surface area contributed by atoms with E-state index in [1.807, 2.05) is 0 Å². The molecule has 26 heteroatoms. The predicted octanol–water partition coefficient (Wildman–Crippen LogP) is -4.10. The van der Waals surface area contributed by atoms with Gasteiger partial charge in [-0.15, -0.1) is 0 Å². The summed E-state index contributed by atoms with van der Waals surface area (Å²) >= 11 is 0. The highest BCUT2D eigenvalue weighted by atomic mass is 31.3. The molecule has 2 aromatic heterocycles. The van der Waals surface area contributed by atoms with Crippen LogP contribution in [0.25, 0.3) is 11.2 Å². The molecule has 7 unspecified atom stereocenters. The summed E-state index contributed by atoms with van der Waals surface area (Å²) in [7, 11) is -17.5. The number of aliphatic hydroxyl groups excluding tert-OH is 2. The molecule has 0 bridgehead atoms. The molecule has 3 rings (SSSR count). The summed E-state index contributed by atoms with van der Waals surface area (Å²) in [4.78, 5) is 82.8. The van der Waals surface area contributed by atoms with Gasteiger partial charge in [0.15, 0.2) is 17.7 Å². The fourth-order valence-electron chi connectivity index (χ4n) is 4.11. The van der Waals surface area contributed by atoms with Crippen molar-refractivity contribution < 1.29 is 75.7 Å². The topological polar surface area (TPSA) is 358 Å². The van der Waals surface area contributed by atoms with Crippen LogP contribution < -0.4 is 35.9 Å². The number of ether oxygens (including phenoxy) is 1. The molecule has 23 nitrogen and oxygen atoms in total. The molecule has 47 heavy (non-hydrogen) atoms. The first-order chi connectivity index (χ1) is 21.7. The number of carbonyl (C=O) groups excluding carboxylic acids is 2. The highest BCUT2D eigenvalue weighted by molar-refractivity contribution is 7.59. The average Bonchev–Trinajstić information content (AvgIpc) is 3.51. The van der Waals surface area contributed by atoms with Crippen molar-refractivity contribution in [3.05, 3.63) is 12.7 Å². The van der Waals surface area contributed by atoms with Crippen LogP contribution in [0.2, 0.25) is 0 Å². The van der Waals surface area contributed by atoms with E-state index < -0.39 is 78.6 Å². The summed E-state index contributed by atoms with van der Waals surface area (Å²) in [5.74, 6) is -1.40. The minimum Gasteiger partial charge on any atom is -0.790 e. The molecule has 2 aromatic rings. The first-order valence-corrected chi connectivity index (χ1v) is 17.9. The van der Waals surface area contributed by atoms with E-state index in [1.54, 1.807) is 6.92 Å². The fourth-order valence-corrected chi connectivity index (χ4v) is 6.85. The largest absolute Gasteiger partial charge is 0.790 e. The van der Waals surface area contributed by atoms with E-state index in [1.165, 1.54) is 13.8 Å². The number of hydrogen-bond donors (Lipinski definition) is 5. The number of fused-ring (bicyclic) bond motifs is 1. The summed E-state index contributed by atoms with van der Waals surface area (Å²) in [6.45, 7) is 2.12. The summed E-state index contributed by atoms with van der Waals surface area (Å²) in [6.07, 6.45) is -7.36. The lowest BCUT2D eigenvalue weighted by Gasteiger charge is -2.36. The van der Waals surface area contributed by atoms with Crippen LogP contribution in [0.3, 0.4) is 0 Å². The van der Waals surface area contributed by atoms with Gasteiger partial charge in [-0.25, -0.2) is 19.3 Å². The molecule has 1 aliphatic heterocycles. The quantitative estimate of drug-likeness (QED) is 0.0965. The van der Waals surface area contributed by atoms with E-state index in [4.69, 9.17) is 10.5 Å². The number of nitrogens with one attached hydrogen (secondary N) is 2. The molecule has 1 aliphatic rings. The number of phosphoric ester groups is 3. The number of hydrogen-bond acceptors (Lipinski definition) is 20. The third-order valence-electron chi connectivity index (χ3n) is 6.43. The van der Waals surface area contributed by atoms with Crippen LogP contribution in [0, 0.1) is 5.41 Å². The number of nitrogen functional groups attached to an aromatic ring is 1. The lowest BCUT2D eigenvalue weighted by molar-refractivity contribution is -0.347. The summed E-state index contributed by atoms with van der Waals surface area (Å²) < 4.78 is 60.0. The van der Waals surface area contributed by atoms with Gasteiger partial charge in [0, 0.05) is 24.9 Å². The van der Waals surface area contributed by atoms with E-state index in [9.17, 15) is 53.1 Å². The van der Waals surface area contributed by atoms with Gasteiger partial charge in [-0.3, -0.25) is 23.3 Å². The molecule has 0 radical (unpaired) electrons. The fraction of sp³-hybridized carbons (Fsp3) is 0.667. The minimum atomic E-state index is -5.87. The Morgan fingerprint density at radius 1 is 1.13 bits per heavy atom. The van der Waals surface area contributed by atoms with Gasteiger partial charge in [-0.05, 0) is 6.92 Å². The van der Waals surface area contributed by atoms with Crippen LogP contribution in [-0.4, -0.2) is 92.3 Å². The first-order valence-electron chi connectivity index (χ1n) is 13.5. The number of nitrogens with zero attached hydrogens (tertiary/aromatic N) is 4. The Morgan fingerprint density at radius 2 is 1.79 bits per heavy atom. The van der Waals surface area contributed by atoms with Gasteiger partial charge < -0.3 is 69.0 Å². The molecular formula is C21H32N7O16P3-4. The van der Waals surface area contributed by atoms with Gasteiger partial charge in [0.25, 0.3) is 15.6 Å². The molecule has 2 amide bonds. The Bertz CT molecular complexity index is 1570. The van der Waals surface area contributed by atoms with Crippen molar-refractivity contribution in [1.82, 2.24) is 30.2 Å². The van der Waals surface area contributed by atoms with E-state index in [-0.39, 0.29) is 35.9 Å². The summed E-state index contributed by atoms with van der Waals surface area (Å²) in [5, 5.41) is 25.9. The molecule has 3 heterocycles. The van der Waals surface area contributed by atoms with Crippen LogP contribution >= 0.6 is 23.5 Å². The van der Waals surface area contributed by atoms with E-state index in [0.29, 0.717) is 6.54 Å². The average molecular weight is 731 g/mol. The molecule has 1 saturated heterocycles. The van der Waals surface area contributed by atoms with Crippen LogP contribution in [-0.2, 0) is 45.9 Å². The van der Waals surface area contributed by atoms with E-state index in [2.05, 4.69) is 43.5 Å². The maximum absolute atomic E-state index is 12.4. The molecule has 0 spiro atoms. The maximum atomic E-state index is 12.4. The second-order valence-electron chi connectivity index (χ2n) is 10.6. The molecule has 1 fully saturated rings. The second-order valence-corrected chi connectivity index (χ2v) is 14.7. The van der Waals surface area contributed by atoms with Gasteiger partial charge in [0.1, 0.15) is 36.3 Å². The third kappa shape index (κ3) is 10.8. The predicted molar refractivity (Wildman–Crippen MR) is 146 cm³/mol. The number of rotatable bonds is 17. The number of phosphoric acid groups is 3. The number of amides is 2. The van der Waals surface area contributed by atoms with Crippen LogP contribution in [0.5, 0.6) is 0 Å². The standard InChI is InChI=1S/C21H36N7O16P3/c1-4-23-12(29)5-6-24-19(32)16(31)21(2,3)8-41-47(38,39)44-46(36,37)40-7-11-15(43-45(33,34)35)14(30)20(42-11)28-10-27-13-17(22)25-9-26-18(13)28/h9-11,14-16,20,30-31H,4-8H2,1-3H3,(H,23,29)(H,24,32)(H,36,37)(H,38,39)(H2,22,25,26)(H2,33,34,35)/p-4. The zero-order valence-corrected chi connectivity index (χ0v) is 27.6. The maximum Gasteiger partial charge on any atom is 0.274 e.